The van der Waals surface area contributed by atoms with Gasteiger partial charge in [-0.1, -0.05) is 56.3 Å². The Morgan fingerprint density at radius 2 is 1.35 bits per heavy atom. The average Bonchev–Trinajstić information content (AvgIpc) is 2.40. The van der Waals surface area contributed by atoms with E-state index in [1.165, 1.54) is 5.56 Å². The molecule has 2 aromatic rings. The Bertz CT molecular complexity index is 474. The molecule has 0 radical (unpaired) electrons. The number of hydrogen-bond acceptors (Lipinski definition) is 1. The third kappa shape index (κ3) is 2.31. The lowest BCUT2D eigenvalue weighted by atomic mass is 9.78. The molecule has 17 heavy (non-hydrogen) atoms. The van der Waals surface area contributed by atoms with Crippen molar-refractivity contribution in [1.82, 2.24) is 0 Å². The Morgan fingerprint density at radius 3 is 1.88 bits per heavy atom. The standard InChI is InChI=1S/C15H15FO/c1-15(2,12-6-4-3-5-7-12)13-8-10-14(17-16)11-9-13/h3-11H,1-2H3. The van der Waals surface area contributed by atoms with Crippen molar-refractivity contribution < 1.29 is 9.47 Å². The highest BCUT2D eigenvalue weighted by Gasteiger charge is 2.22. The zero-order valence-corrected chi connectivity index (χ0v) is 9.98. The van der Waals surface area contributed by atoms with Gasteiger partial charge in [-0.2, -0.15) is 0 Å². The van der Waals surface area contributed by atoms with E-state index in [0.717, 1.165) is 5.56 Å². The van der Waals surface area contributed by atoms with Crippen LogP contribution in [0.4, 0.5) is 4.53 Å². The van der Waals surface area contributed by atoms with Crippen LogP contribution in [0.1, 0.15) is 25.0 Å². The van der Waals surface area contributed by atoms with Gasteiger partial charge < -0.3 is 0 Å². The lowest BCUT2D eigenvalue weighted by Crippen LogP contribution is -2.18. The molecule has 88 valence electrons. The first-order valence-corrected chi connectivity index (χ1v) is 5.59. The van der Waals surface area contributed by atoms with Crippen LogP contribution in [0.25, 0.3) is 0 Å². The van der Waals surface area contributed by atoms with Gasteiger partial charge in [-0.25, -0.2) is 0 Å². The van der Waals surface area contributed by atoms with E-state index in [4.69, 9.17) is 0 Å². The van der Waals surface area contributed by atoms with Crippen LogP contribution in [-0.4, -0.2) is 0 Å². The molecular weight excluding hydrogens is 215 g/mol. The largest absolute Gasteiger partial charge is 0.294 e. The molecule has 0 heterocycles. The van der Waals surface area contributed by atoms with Crippen molar-refractivity contribution in [3.05, 3.63) is 65.7 Å². The van der Waals surface area contributed by atoms with Gasteiger partial charge in [0, 0.05) is 9.94 Å². The van der Waals surface area contributed by atoms with Crippen molar-refractivity contribution in [2.45, 2.75) is 19.3 Å². The van der Waals surface area contributed by atoms with E-state index in [9.17, 15) is 4.53 Å². The van der Waals surface area contributed by atoms with Crippen LogP contribution in [-0.2, 0) is 5.41 Å². The monoisotopic (exact) mass is 230 g/mol. The summed E-state index contributed by atoms with van der Waals surface area (Å²) in [4.78, 5) is 3.69. The van der Waals surface area contributed by atoms with Gasteiger partial charge in [-0.05, 0) is 23.3 Å². The molecule has 0 bridgehead atoms. The summed E-state index contributed by atoms with van der Waals surface area (Å²) in [6.07, 6.45) is 0. The van der Waals surface area contributed by atoms with Crippen molar-refractivity contribution in [2.24, 2.45) is 0 Å². The summed E-state index contributed by atoms with van der Waals surface area (Å²) in [5.41, 5.74) is 2.26. The Kier molecular flexibility index (Phi) is 3.14. The van der Waals surface area contributed by atoms with E-state index in [0.29, 0.717) is 0 Å². The molecule has 0 saturated heterocycles. The second-order valence-electron chi connectivity index (χ2n) is 4.59. The van der Waals surface area contributed by atoms with Gasteiger partial charge in [0.2, 0.25) is 0 Å². The smallest absolute Gasteiger partial charge is 0.171 e. The molecule has 0 spiro atoms. The topological polar surface area (TPSA) is 9.23 Å². The van der Waals surface area contributed by atoms with Crippen molar-refractivity contribution >= 4 is 0 Å². The molecule has 0 fully saturated rings. The van der Waals surface area contributed by atoms with Crippen molar-refractivity contribution in [1.29, 1.82) is 0 Å². The third-order valence-electron chi connectivity index (χ3n) is 3.16. The molecule has 0 aliphatic heterocycles. The maximum Gasteiger partial charge on any atom is 0.171 e. The minimum atomic E-state index is -0.101. The number of rotatable bonds is 3. The zero-order valence-electron chi connectivity index (χ0n) is 9.98. The predicted molar refractivity (Wildman–Crippen MR) is 66.7 cm³/mol. The molecule has 0 unspecified atom stereocenters. The van der Waals surface area contributed by atoms with Crippen molar-refractivity contribution in [3.8, 4) is 5.75 Å². The lowest BCUT2D eigenvalue weighted by molar-refractivity contribution is -0.00623. The van der Waals surface area contributed by atoms with Crippen LogP contribution in [0.3, 0.4) is 0 Å². The van der Waals surface area contributed by atoms with Crippen LogP contribution in [0, 0.1) is 0 Å². The molecule has 0 aliphatic carbocycles. The number of halogens is 1. The highest BCUT2D eigenvalue weighted by Crippen LogP contribution is 2.32. The summed E-state index contributed by atoms with van der Waals surface area (Å²) in [6.45, 7) is 4.29. The molecule has 0 atom stereocenters. The molecule has 0 aliphatic rings. The third-order valence-corrected chi connectivity index (χ3v) is 3.16. The summed E-state index contributed by atoms with van der Waals surface area (Å²) < 4.78 is 12.0. The van der Waals surface area contributed by atoms with E-state index in [1.807, 2.05) is 30.3 Å². The summed E-state index contributed by atoms with van der Waals surface area (Å²) in [5.74, 6) is 0.234. The zero-order chi connectivity index (χ0) is 12.3. The normalized spacial score (nSPS) is 11.2. The SMILES string of the molecule is CC(C)(c1ccccc1)c1ccc(OF)cc1. The maximum absolute atomic E-state index is 12.0. The van der Waals surface area contributed by atoms with Gasteiger partial charge in [-0.15, -0.1) is 0 Å². The van der Waals surface area contributed by atoms with Crippen LogP contribution in [0.2, 0.25) is 0 Å². The Morgan fingerprint density at radius 1 is 0.824 bits per heavy atom. The highest BCUT2D eigenvalue weighted by atomic mass is 19.3. The molecule has 0 amide bonds. The van der Waals surface area contributed by atoms with Crippen LogP contribution < -0.4 is 4.94 Å². The van der Waals surface area contributed by atoms with Gasteiger partial charge in [0.15, 0.2) is 5.75 Å². The molecule has 2 rings (SSSR count). The van der Waals surface area contributed by atoms with E-state index >= 15 is 0 Å². The quantitative estimate of drug-likeness (QED) is 0.764. The van der Waals surface area contributed by atoms with Crippen LogP contribution in [0.15, 0.2) is 54.6 Å². The summed E-state index contributed by atoms with van der Waals surface area (Å²) in [5, 5.41) is 0. The molecule has 0 saturated carbocycles. The maximum atomic E-state index is 12.0. The highest BCUT2D eigenvalue weighted by molar-refractivity contribution is 5.39. The van der Waals surface area contributed by atoms with E-state index in [-0.39, 0.29) is 11.2 Å². The second-order valence-corrected chi connectivity index (χ2v) is 4.59. The lowest BCUT2D eigenvalue weighted by Gasteiger charge is -2.26. The summed E-state index contributed by atoms with van der Waals surface area (Å²) in [7, 11) is 0. The van der Waals surface area contributed by atoms with Gasteiger partial charge in [-0.3, -0.25) is 4.94 Å². The molecule has 0 N–H and O–H groups in total. The number of hydrogen-bond donors (Lipinski definition) is 0. The first-order valence-electron chi connectivity index (χ1n) is 5.59. The Balaban J connectivity index is 2.37. The molecule has 2 heteroatoms. The van der Waals surface area contributed by atoms with E-state index in [1.54, 1.807) is 12.1 Å². The van der Waals surface area contributed by atoms with E-state index in [2.05, 4.69) is 30.9 Å². The molecular formula is C15H15FO. The Labute approximate surface area is 101 Å². The second kappa shape index (κ2) is 4.58. The van der Waals surface area contributed by atoms with Gasteiger partial charge in [0.1, 0.15) is 0 Å². The fourth-order valence-corrected chi connectivity index (χ4v) is 1.94. The van der Waals surface area contributed by atoms with E-state index < -0.39 is 0 Å². The minimum Gasteiger partial charge on any atom is -0.294 e. The fraction of sp³-hybridized carbons (Fsp3) is 0.200. The summed E-state index contributed by atoms with van der Waals surface area (Å²) in [6, 6.07) is 17.3. The molecule has 1 nitrogen and oxygen atoms in total. The molecule has 2 aromatic carbocycles. The van der Waals surface area contributed by atoms with Crippen LogP contribution >= 0.6 is 0 Å². The average molecular weight is 230 g/mol. The Hall–Kier alpha value is -1.83. The van der Waals surface area contributed by atoms with Gasteiger partial charge in [0.25, 0.3) is 0 Å². The van der Waals surface area contributed by atoms with Gasteiger partial charge >= 0.3 is 0 Å². The van der Waals surface area contributed by atoms with Gasteiger partial charge in [0.05, 0.1) is 0 Å². The van der Waals surface area contributed by atoms with Crippen LogP contribution in [0.5, 0.6) is 5.75 Å². The fourth-order valence-electron chi connectivity index (χ4n) is 1.94. The first kappa shape index (κ1) is 11.6. The first-order chi connectivity index (χ1) is 8.14. The predicted octanol–water partition coefficient (Wildman–Crippen LogP) is 4.28. The van der Waals surface area contributed by atoms with Crippen molar-refractivity contribution in [3.63, 3.8) is 0 Å². The van der Waals surface area contributed by atoms with Crippen molar-refractivity contribution in [2.75, 3.05) is 0 Å². The minimum absolute atomic E-state index is 0.101. The summed E-state index contributed by atoms with van der Waals surface area (Å²) >= 11 is 0. The molecule has 0 aromatic heterocycles. The number of benzene rings is 2.